The zero-order valence-electron chi connectivity index (χ0n) is 20.0. The number of para-hydroxylation sites is 1. The molecule has 0 bridgehead atoms. The number of hydrogen-bond acceptors (Lipinski definition) is 3. The van der Waals surface area contributed by atoms with Crippen LogP contribution in [0.3, 0.4) is 0 Å². The van der Waals surface area contributed by atoms with Crippen LogP contribution in [0.1, 0.15) is 27.7 Å². The van der Waals surface area contributed by atoms with Crippen molar-refractivity contribution in [3.8, 4) is 22.3 Å². The summed E-state index contributed by atoms with van der Waals surface area (Å²) >= 11 is 0. The average Bonchev–Trinajstić information content (AvgIpc) is 3.31. The van der Waals surface area contributed by atoms with Crippen molar-refractivity contribution >= 4 is 34.5 Å². The highest BCUT2D eigenvalue weighted by Gasteiger charge is 2.51. The third-order valence-electron chi connectivity index (χ3n) is 7.32. The van der Waals surface area contributed by atoms with Gasteiger partial charge in [-0.15, -0.1) is 0 Å². The van der Waals surface area contributed by atoms with Gasteiger partial charge in [0.15, 0.2) is 0 Å². The van der Waals surface area contributed by atoms with Gasteiger partial charge in [-0.1, -0.05) is 66.7 Å². The number of rotatable bonds is 3. The van der Waals surface area contributed by atoms with Crippen molar-refractivity contribution in [1.29, 1.82) is 0 Å². The third kappa shape index (κ3) is 3.46. The van der Waals surface area contributed by atoms with E-state index in [1.807, 2.05) is 18.2 Å². The molecule has 0 aliphatic carbocycles. The molecule has 1 aromatic heterocycles. The van der Waals surface area contributed by atoms with Crippen LogP contribution in [0.5, 0.6) is 0 Å². The number of fused-ring (bicyclic) bond motifs is 3. The summed E-state index contributed by atoms with van der Waals surface area (Å²) in [4.78, 5) is 0. The summed E-state index contributed by atoms with van der Waals surface area (Å²) in [5.74, 6) is 0. The predicted octanol–water partition coefficient (Wildman–Crippen LogP) is 7.22. The number of furan rings is 1. The van der Waals surface area contributed by atoms with Gasteiger partial charge >= 0.3 is 7.12 Å². The standard InChI is InChI=1S/C30H27BO3/c1-29(2)30(3,4)34-31(33-29)24-12-8-11-22(18-24)20-9-7-10-21(17-20)23-15-16-26-25-13-5-6-14-27(25)32-28(26)19-23/h5-19H,1-4H3. The van der Waals surface area contributed by atoms with E-state index in [4.69, 9.17) is 13.7 Å². The molecular formula is C30H27BO3. The minimum atomic E-state index is -0.372. The smallest absolute Gasteiger partial charge is 0.456 e. The fourth-order valence-corrected chi connectivity index (χ4v) is 4.63. The van der Waals surface area contributed by atoms with Crippen molar-refractivity contribution in [2.75, 3.05) is 0 Å². The molecule has 5 aromatic rings. The fraction of sp³-hybridized carbons (Fsp3) is 0.200. The maximum Gasteiger partial charge on any atom is 0.494 e. The summed E-state index contributed by atoms with van der Waals surface area (Å²) in [6.45, 7) is 8.33. The van der Waals surface area contributed by atoms with Gasteiger partial charge in [0.2, 0.25) is 0 Å². The molecule has 0 radical (unpaired) electrons. The van der Waals surface area contributed by atoms with Crippen LogP contribution >= 0.6 is 0 Å². The lowest BCUT2D eigenvalue weighted by Gasteiger charge is -2.32. The number of hydrogen-bond donors (Lipinski definition) is 0. The van der Waals surface area contributed by atoms with E-state index in [0.29, 0.717) is 0 Å². The summed E-state index contributed by atoms with van der Waals surface area (Å²) < 4.78 is 18.6. The lowest BCUT2D eigenvalue weighted by Crippen LogP contribution is -2.41. The Morgan fingerprint density at radius 2 is 1.12 bits per heavy atom. The van der Waals surface area contributed by atoms with Crippen molar-refractivity contribution in [3.63, 3.8) is 0 Å². The molecule has 0 amide bonds. The van der Waals surface area contributed by atoms with Crippen LogP contribution in [-0.4, -0.2) is 18.3 Å². The van der Waals surface area contributed by atoms with Gasteiger partial charge < -0.3 is 13.7 Å². The normalized spacial score (nSPS) is 17.0. The lowest BCUT2D eigenvalue weighted by atomic mass is 9.78. The Bertz CT molecular complexity index is 1510. The molecule has 34 heavy (non-hydrogen) atoms. The van der Waals surface area contributed by atoms with Crippen molar-refractivity contribution in [2.45, 2.75) is 38.9 Å². The molecule has 1 fully saturated rings. The van der Waals surface area contributed by atoms with Gasteiger partial charge in [0.1, 0.15) is 11.2 Å². The quantitative estimate of drug-likeness (QED) is 0.274. The van der Waals surface area contributed by atoms with Gasteiger partial charge in [0, 0.05) is 10.8 Å². The molecule has 3 nitrogen and oxygen atoms in total. The van der Waals surface area contributed by atoms with Crippen LogP contribution in [-0.2, 0) is 9.31 Å². The summed E-state index contributed by atoms with van der Waals surface area (Å²) in [6.07, 6.45) is 0. The van der Waals surface area contributed by atoms with E-state index in [2.05, 4.69) is 100 Å². The van der Waals surface area contributed by atoms with E-state index in [1.54, 1.807) is 0 Å². The second kappa shape index (κ2) is 7.59. The van der Waals surface area contributed by atoms with E-state index < -0.39 is 0 Å². The molecule has 168 valence electrons. The summed E-state index contributed by atoms with van der Waals surface area (Å²) in [5.41, 5.74) is 6.72. The molecule has 1 aliphatic rings. The topological polar surface area (TPSA) is 31.6 Å². The SMILES string of the molecule is CC1(C)OB(c2cccc(-c3cccc(-c4ccc5c(c4)oc4ccccc45)c3)c2)OC1(C)C. The Labute approximate surface area is 200 Å². The van der Waals surface area contributed by atoms with Crippen LogP contribution in [0, 0.1) is 0 Å². The van der Waals surface area contributed by atoms with E-state index >= 15 is 0 Å². The second-order valence-electron chi connectivity index (χ2n) is 10.1. The first-order valence-electron chi connectivity index (χ1n) is 11.8. The average molecular weight is 446 g/mol. The fourth-order valence-electron chi connectivity index (χ4n) is 4.63. The largest absolute Gasteiger partial charge is 0.494 e. The van der Waals surface area contributed by atoms with E-state index in [1.165, 1.54) is 0 Å². The van der Waals surface area contributed by atoms with Crippen molar-refractivity contribution in [2.24, 2.45) is 0 Å². The molecule has 4 heteroatoms. The summed E-state index contributed by atoms with van der Waals surface area (Å²) in [6, 6.07) is 31.7. The van der Waals surface area contributed by atoms with Crippen molar-refractivity contribution in [1.82, 2.24) is 0 Å². The van der Waals surface area contributed by atoms with Crippen molar-refractivity contribution in [3.05, 3.63) is 91.0 Å². The highest BCUT2D eigenvalue weighted by atomic mass is 16.7. The van der Waals surface area contributed by atoms with Crippen molar-refractivity contribution < 1.29 is 13.7 Å². The van der Waals surface area contributed by atoms with Gasteiger partial charge in [0.25, 0.3) is 0 Å². The lowest BCUT2D eigenvalue weighted by molar-refractivity contribution is 0.00578. The van der Waals surface area contributed by atoms with Crippen LogP contribution < -0.4 is 5.46 Å². The zero-order chi connectivity index (χ0) is 23.5. The Morgan fingerprint density at radius 3 is 1.85 bits per heavy atom. The van der Waals surface area contributed by atoms with Crippen LogP contribution in [0.25, 0.3) is 44.2 Å². The molecule has 1 aliphatic heterocycles. The van der Waals surface area contributed by atoms with Gasteiger partial charge in [0.05, 0.1) is 11.2 Å². The highest BCUT2D eigenvalue weighted by molar-refractivity contribution is 6.62. The van der Waals surface area contributed by atoms with E-state index in [9.17, 15) is 0 Å². The van der Waals surface area contributed by atoms with Gasteiger partial charge in [-0.2, -0.15) is 0 Å². The summed E-state index contributed by atoms with van der Waals surface area (Å²) in [5, 5.41) is 2.29. The van der Waals surface area contributed by atoms with Crippen LogP contribution in [0.15, 0.2) is 95.4 Å². The Hall–Kier alpha value is -3.34. The van der Waals surface area contributed by atoms with Gasteiger partial charge in [-0.3, -0.25) is 0 Å². The van der Waals surface area contributed by atoms with E-state index in [-0.39, 0.29) is 18.3 Å². The molecule has 2 heterocycles. The maximum absolute atomic E-state index is 6.27. The van der Waals surface area contributed by atoms with E-state index in [0.717, 1.165) is 49.7 Å². The Morgan fingerprint density at radius 1 is 0.529 bits per heavy atom. The molecule has 6 rings (SSSR count). The molecule has 0 unspecified atom stereocenters. The minimum absolute atomic E-state index is 0.358. The van der Waals surface area contributed by atoms with Crippen LogP contribution in [0.4, 0.5) is 0 Å². The minimum Gasteiger partial charge on any atom is -0.456 e. The third-order valence-corrected chi connectivity index (χ3v) is 7.32. The summed E-state index contributed by atoms with van der Waals surface area (Å²) in [7, 11) is -0.372. The molecule has 0 spiro atoms. The first kappa shape index (κ1) is 21.2. The molecule has 0 saturated carbocycles. The molecule has 0 atom stereocenters. The monoisotopic (exact) mass is 446 g/mol. The predicted molar refractivity (Wildman–Crippen MR) is 140 cm³/mol. The van der Waals surface area contributed by atoms with Gasteiger partial charge in [-0.25, -0.2) is 0 Å². The zero-order valence-corrected chi connectivity index (χ0v) is 20.0. The van der Waals surface area contributed by atoms with Gasteiger partial charge in [-0.05, 0) is 79.7 Å². The first-order chi connectivity index (χ1) is 16.3. The molecule has 4 aromatic carbocycles. The Kier molecular flexibility index (Phi) is 4.74. The molecule has 0 N–H and O–H groups in total. The highest BCUT2D eigenvalue weighted by Crippen LogP contribution is 2.37. The molecular weight excluding hydrogens is 419 g/mol. The second-order valence-corrected chi connectivity index (χ2v) is 10.1. The Balaban J connectivity index is 1.35. The van der Waals surface area contributed by atoms with Crippen LogP contribution in [0.2, 0.25) is 0 Å². The number of benzene rings is 4. The maximum atomic E-state index is 6.27. The first-order valence-corrected chi connectivity index (χ1v) is 11.8. The molecule has 1 saturated heterocycles.